The Morgan fingerprint density at radius 3 is 3.03 bits per heavy atom. The van der Waals surface area contributed by atoms with Gasteiger partial charge < -0.3 is 19.9 Å². The molecule has 0 aromatic carbocycles. The SMILES string of the molecule is C=C(/C=C\C=C(/C)OCCOC)[C@@H](CC(=O)O)CN1CC[C@@](F)(CCc2ccc3c(n2)NCCC3)C1. The highest BCUT2D eigenvalue weighted by molar-refractivity contribution is 5.67. The Kier molecular flexibility index (Phi) is 10.5. The number of hydrogen-bond acceptors (Lipinski definition) is 6. The second-order valence-electron chi connectivity index (χ2n) is 9.82. The van der Waals surface area contributed by atoms with Crippen molar-refractivity contribution in [3.63, 3.8) is 0 Å². The van der Waals surface area contributed by atoms with Crippen LogP contribution in [0.2, 0.25) is 0 Å². The molecule has 198 valence electrons. The van der Waals surface area contributed by atoms with Crippen molar-refractivity contribution in [2.24, 2.45) is 5.92 Å². The third-order valence-electron chi connectivity index (χ3n) is 6.85. The Labute approximate surface area is 214 Å². The van der Waals surface area contributed by atoms with E-state index in [0.29, 0.717) is 57.7 Å². The molecule has 1 saturated heterocycles. The van der Waals surface area contributed by atoms with Crippen LogP contribution < -0.4 is 5.32 Å². The average Bonchev–Trinajstić information content (AvgIpc) is 3.22. The molecule has 8 heteroatoms. The first-order valence-corrected chi connectivity index (χ1v) is 12.8. The predicted octanol–water partition coefficient (Wildman–Crippen LogP) is 4.56. The molecular weight excluding hydrogens is 461 g/mol. The Morgan fingerprint density at radius 1 is 1.42 bits per heavy atom. The van der Waals surface area contributed by atoms with Crippen LogP contribution in [0.3, 0.4) is 0 Å². The number of hydrogen-bond donors (Lipinski definition) is 2. The normalized spacial score (nSPS) is 21.2. The summed E-state index contributed by atoms with van der Waals surface area (Å²) in [5, 5.41) is 12.8. The molecule has 2 aliphatic rings. The first kappa shape index (κ1) is 27.9. The number of fused-ring (bicyclic) bond motifs is 1. The Morgan fingerprint density at radius 2 is 2.25 bits per heavy atom. The highest BCUT2D eigenvalue weighted by Gasteiger charge is 2.38. The lowest BCUT2D eigenvalue weighted by Crippen LogP contribution is -2.33. The van der Waals surface area contributed by atoms with Crippen LogP contribution >= 0.6 is 0 Å². The molecule has 0 radical (unpaired) electrons. The second kappa shape index (κ2) is 13.6. The van der Waals surface area contributed by atoms with Gasteiger partial charge in [-0.1, -0.05) is 30.4 Å². The summed E-state index contributed by atoms with van der Waals surface area (Å²) in [5.74, 6) is 0.491. The minimum Gasteiger partial charge on any atom is -0.496 e. The molecule has 0 saturated carbocycles. The highest BCUT2D eigenvalue weighted by atomic mass is 19.1. The van der Waals surface area contributed by atoms with Crippen LogP contribution in [0.15, 0.2) is 48.3 Å². The van der Waals surface area contributed by atoms with Crippen molar-refractivity contribution in [3.05, 3.63) is 59.5 Å². The lowest BCUT2D eigenvalue weighted by molar-refractivity contribution is -0.137. The number of alkyl halides is 1. The number of methoxy groups -OCH3 is 1. The summed E-state index contributed by atoms with van der Waals surface area (Å²) in [5.41, 5.74) is 1.56. The number of anilines is 1. The summed E-state index contributed by atoms with van der Waals surface area (Å²) in [6, 6.07) is 4.12. The number of aliphatic carboxylic acids is 1. The predicted molar refractivity (Wildman–Crippen MR) is 140 cm³/mol. The molecule has 2 atom stereocenters. The number of aromatic nitrogens is 1. The van der Waals surface area contributed by atoms with E-state index in [2.05, 4.69) is 18.0 Å². The van der Waals surface area contributed by atoms with Gasteiger partial charge in [-0.15, -0.1) is 0 Å². The van der Waals surface area contributed by atoms with Crippen molar-refractivity contribution in [1.29, 1.82) is 0 Å². The van der Waals surface area contributed by atoms with E-state index in [1.807, 2.05) is 36.1 Å². The van der Waals surface area contributed by atoms with E-state index in [9.17, 15) is 9.90 Å². The van der Waals surface area contributed by atoms with Crippen molar-refractivity contribution in [1.82, 2.24) is 9.88 Å². The topological polar surface area (TPSA) is 83.9 Å². The molecule has 3 rings (SSSR count). The van der Waals surface area contributed by atoms with Crippen LogP contribution in [0.1, 0.15) is 43.9 Å². The molecule has 2 N–H and O–H groups in total. The number of aryl methyl sites for hydroxylation is 2. The zero-order chi connectivity index (χ0) is 26.0. The number of rotatable bonds is 14. The molecule has 0 spiro atoms. The van der Waals surface area contributed by atoms with Gasteiger partial charge in [0.05, 0.1) is 18.8 Å². The zero-order valence-electron chi connectivity index (χ0n) is 21.6. The molecule has 0 aliphatic carbocycles. The molecular formula is C28H40FN3O4. The van der Waals surface area contributed by atoms with E-state index in [1.165, 1.54) is 5.56 Å². The summed E-state index contributed by atoms with van der Waals surface area (Å²) in [7, 11) is 1.62. The molecule has 36 heavy (non-hydrogen) atoms. The smallest absolute Gasteiger partial charge is 0.304 e. The summed E-state index contributed by atoms with van der Waals surface area (Å²) in [4.78, 5) is 18.2. The van der Waals surface area contributed by atoms with E-state index in [0.717, 1.165) is 36.7 Å². The fraction of sp³-hybridized carbons (Fsp3) is 0.571. The van der Waals surface area contributed by atoms with Gasteiger partial charge in [0.2, 0.25) is 0 Å². The van der Waals surface area contributed by atoms with Crippen molar-refractivity contribution in [3.8, 4) is 0 Å². The third kappa shape index (κ3) is 8.75. The molecule has 1 aromatic heterocycles. The van der Waals surface area contributed by atoms with E-state index in [-0.39, 0.29) is 12.3 Å². The number of carbonyl (C=O) groups is 1. The maximum atomic E-state index is 15.7. The summed E-state index contributed by atoms with van der Waals surface area (Å²) in [6.45, 7) is 9.22. The average molecular weight is 502 g/mol. The monoisotopic (exact) mass is 501 g/mol. The number of halogens is 1. The number of nitrogens with zero attached hydrogens (tertiary/aromatic N) is 2. The number of carboxylic acids is 1. The van der Waals surface area contributed by atoms with Gasteiger partial charge in [0.1, 0.15) is 18.1 Å². The Hall–Kier alpha value is -2.71. The van der Waals surface area contributed by atoms with Crippen molar-refractivity contribution in [2.75, 3.05) is 51.8 Å². The number of pyridine rings is 1. The zero-order valence-corrected chi connectivity index (χ0v) is 21.6. The maximum absolute atomic E-state index is 15.7. The summed E-state index contributed by atoms with van der Waals surface area (Å²) >= 11 is 0. The van der Waals surface area contributed by atoms with Crippen molar-refractivity contribution >= 4 is 11.8 Å². The molecule has 1 aromatic rings. The van der Waals surface area contributed by atoms with Crippen molar-refractivity contribution in [2.45, 2.75) is 51.1 Å². The number of ether oxygens (including phenoxy) is 2. The fourth-order valence-corrected chi connectivity index (χ4v) is 4.75. The van der Waals surface area contributed by atoms with Crippen LogP contribution in [-0.4, -0.2) is 73.1 Å². The van der Waals surface area contributed by atoms with Gasteiger partial charge >= 0.3 is 5.97 Å². The van der Waals surface area contributed by atoms with Crippen LogP contribution in [0.4, 0.5) is 10.2 Å². The van der Waals surface area contributed by atoms with Gasteiger partial charge in [-0.2, -0.15) is 0 Å². The lowest BCUT2D eigenvalue weighted by Gasteiger charge is -2.25. The van der Waals surface area contributed by atoms with Gasteiger partial charge in [0.15, 0.2) is 0 Å². The summed E-state index contributed by atoms with van der Waals surface area (Å²) in [6.07, 6.45) is 8.98. The summed E-state index contributed by atoms with van der Waals surface area (Å²) < 4.78 is 26.1. The van der Waals surface area contributed by atoms with Gasteiger partial charge in [-0.05, 0) is 56.7 Å². The quantitative estimate of drug-likeness (QED) is 0.220. The maximum Gasteiger partial charge on any atom is 0.304 e. The van der Waals surface area contributed by atoms with Crippen LogP contribution in [0.25, 0.3) is 0 Å². The standard InChI is InChI=1S/C28H40FN3O4/c1-21(6-4-7-22(2)36-17-16-35-3)24(18-26(33)34)19-32-15-13-28(29,20-32)12-11-25-10-9-23-8-5-14-30-27(23)31-25/h4,6-7,9-10,24H,1,5,8,11-20H2,2-3H3,(H,30,31)(H,33,34)/b6-4-,22-7+/t24-,28-/m0/s1. The van der Waals surface area contributed by atoms with Gasteiger partial charge in [-0.25, -0.2) is 9.37 Å². The highest BCUT2D eigenvalue weighted by Crippen LogP contribution is 2.32. The van der Waals surface area contributed by atoms with Crippen LogP contribution in [0, 0.1) is 5.92 Å². The van der Waals surface area contributed by atoms with Crippen LogP contribution in [-0.2, 0) is 27.1 Å². The molecule has 0 amide bonds. The molecule has 3 heterocycles. The van der Waals surface area contributed by atoms with Crippen molar-refractivity contribution < 1.29 is 23.8 Å². The first-order chi connectivity index (χ1) is 17.3. The van der Waals surface area contributed by atoms with Crippen LogP contribution in [0.5, 0.6) is 0 Å². The first-order valence-electron chi connectivity index (χ1n) is 12.8. The van der Waals surface area contributed by atoms with Gasteiger partial charge in [0, 0.05) is 44.9 Å². The number of likely N-dealkylation sites (tertiary alicyclic amines) is 1. The minimum atomic E-state index is -1.30. The Balaban J connectivity index is 1.52. The molecule has 0 unspecified atom stereocenters. The number of allylic oxidation sites excluding steroid dienone is 4. The molecule has 7 nitrogen and oxygen atoms in total. The van der Waals surface area contributed by atoms with E-state index in [4.69, 9.17) is 14.5 Å². The number of nitrogens with one attached hydrogen (secondary N) is 1. The molecule has 2 aliphatic heterocycles. The second-order valence-corrected chi connectivity index (χ2v) is 9.82. The van der Waals surface area contributed by atoms with Gasteiger partial charge in [0.25, 0.3) is 0 Å². The largest absolute Gasteiger partial charge is 0.496 e. The van der Waals surface area contributed by atoms with E-state index >= 15 is 4.39 Å². The fourth-order valence-electron chi connectivity index (χ4n) is 4.75. The molecule has 1 fully saturated rings. The Bertz CT molecular complexity index is 964. The van der Waals surface area contributed by atoms with E-state index in [1.54, 1.807) is 7.11 Å². The number of carboxylic acid groups (broad SMARTS) is 1. The molecule has 0 bridgehead atoms. The lowest BCUT2D eigenvalue weighted by atomic mass is 9.95. The van der Waals surface area contributed by atoms with Gasteiger partial charge in [-0.3, -0.25) is 9.69 Å². The van der Waals surface area contributed by atoms with E-state index < -0.39 is 11.6 Å². The minimum absolute atomic E-state index is 0.0436. The third-order valence-corrected chi connectivity index (χ3v) is 6.85.